The van der Waals surface area contributed by atoms with E-state index in [1.807, 2.05) is 12.1 Å². The largest absolute Gasteiger partial charge is 0.497 e. The predicted molar refractivity (Wildman–Crippen MR) is 52.7 cm³/mol. The number of aromatic nitrogens is 1. The van der Waals surface area contributed by atoms with Gasteiger partial charge in [0, 0.05) is 17.5 Å². The highest BCUT2D eigenvalue weighted by molar-refractivity contribution is 7.98. The number of pyridine rings is 1. The second-order valence-corrected chi connectivity index (χ2v) is 3.68. The van der Waals surface area contributed by atoms with Gasteiger partial charge in [-0.2, -0.15) is 11.8 Å². The molecule has 1 unspecified atom stereocenters. The lowest BCUT2D eigenvalue weighted by Crippen LogP contribution is -1.93. The molecule has 0 aliphatic carbocycles. The minimum Gasteiger partial charge on any atom is -0.497 e. The summed E-state index contributed by atoms with van der Waals surface area (Å²) in [6, 6.07) is 3.83. The molecule has 3 heteroatoms. The highest BCUT2D eigenvalue weighted by Crippen LogP contribution is 2.25. The van der Waals surface area contributed by atoms with Crippen molar-refractivity contribution in [1.82, 2.24) is 4.98 Å². The second-order valence-electron chi connectivity index (χ2n) is 2.50. The van der Waals surface area contributed by atoms with Crippen molar-refractivity contribution in [2.75, 3.05) is 13.4 Å². The number of ether oxygens (including phenoxy) is 1. The molecular weight excluding hydrogens is 170 g/mol. The van der Waals surface area contributed by atoms with E-state index in [1.165, 1.54) is 0 Å². The summed E-state index contributed by atoms with van der Waals surface area (Å²) in [6.45, 7) is 2.13. The SMILES string of the molecule is COc1ccnc(C(C)SC)c1. The number of nitrogens with zero attached hydrogens (tertiary/aromatic N) is 1. The Bertz CT molecular complexity index is 252. The molecule has 0 aliphatic rings. The summed E-state index contributed by atoms with van der Waals surface area (Å²) in [5.41, 5.74) is 1.07. The van der Waals surface area contributed by atoms with Crippen LogP contribution >= 0.6 is 11.8 Å². The van der Waals surface area contributed by atoms with Crippen LogP contribution in [0.25, 0.3) is 0 Å². The smallest absolute Gasteiger partial charge is 0.122 e. The molecule has 0 saturated carbocycles. The average Bonchev–Trinajstić information content (AvgIpc) is 2.17. The van der Waals surface area contributed by atoms with Gasteiger partial charge in [0.15, 0.2) is 0 Å². The predicted octanol–water partition coefficient (Wildman–Crippen LogP) is 2.51. The van der Waals surface area contributed by atoms with Gasteiger partial charge in [-0.25, -0.2) is 0 Å². The molecule has 1 atom stereocenters. The van der Waals surface area contributed by atoms with E-state index in [2.05, 4.69) is 18.2 Å². The number of rotatable bonds is 3. The lowest BCUT2D eigenvalue weighted by molar-refractivity contribution is 0.413. The molecule has 1 heterocycles. The van der Waals surface area contributed by atoms with Crippen molar-refractivity contribution >= 4 is 11.8 Å². The van der Waals surface area contributed by atoms with Gasteiger partial charge in [-0.15, -0.1) is 0 Å². The zero-order valence-corrected chi connectivity index (χ0v) is 8.39. The molecule has 0 aliphatic heterocycles. The van der Waals surface area contributed by atoms with Gasteiger partial charge in [0.25, 0.3) is 0 Å². The van der Waals surface area contributed by atoms with Crippen LogP contribution in [-0.4, -0.2) is 18.3 Å². The van der Waals surface area contributed by atoms with Crippen LogP contribution in [0.4, 0.5) is 0 Å². The Balaban J connectivity index is 2.86. The molecule has 2 nitrogen and oxygen atoms in total. The summed E-state index contributed by atoms with van der Waals surface area (Å²) in [5.74, 6) is 0.876. The molecule has 12 heavy (non-hydrogen) atoms. The zero-order chi connectivity index (χ0) is 8.97. The maximum absolute atomic E-state index is 5.10. The Morgan fingerprint density at radius 3 is 2.92 bits per heavy atom. The van der Waals surface area contributed by atoms with Gasteiger partial charge in [0.1, 0.15) is 5.75 Å². The minimum absolute atomic E-state index is 0.431. The van der Waals surface area contributed by atoms with Crippen LogP contribution in [0.2, 0.25) is 0 Å². The number of thioether (sulfide) groups is 1. The second kappa shape index (κ2) is 4.36. The fraction of sp³-hybridized carbons (Fsp3) is 0.444. The third-order valence-corrected chi connectivity index (χ3v) is 2.71. The lowest BCUT2D eigenvalue weighted by Gasteiger charge is -2.08. The van der Waals surface area contributed by atoms with Gasteiger partial charge in [-0.05, 0) is 19.2 Å². The molecule has 0 amide bonds. The number of methoxy groups -OCH3 is 1. The molecule has 0 aromatic carbocycles. The molecule has 66 valence electrons. The Kier molecular flexibility index (Phi) is 3.41. The van der Waals surface area contributed by atoms with Crippen molar-refractivity contribution in [2.24, 2.45) is 0 Å². The van der Waals surface area contributed by atoms with E-state index in [0.29, 0.717) is 5.25 Å². The maximum atomic E-state index is 5.10. The van der Waals surface area contributed by atoms with Crippen molar-refractivity contribution < 1.29 is 4.74 Å². The van der Waals surface area contributed by atoms with Crippen LogP contribution < -0.4 is 4.74 Å². The molecule has 0 spiro atoms. The first-order chi connectivity index (χ1) is 5.77. The lowest BCUT2D eigenvalue weighted by atomic mass is 10.3. The first-order valence-corrected chi connectivity index (χ1v) is 5.09. The molecule has 0 radical (unpaired) electrons. The van der Waals surface area contributed by atoms with Crippen molar-refractivity contribution in [3.05, 3.63) is 24.0 Å². The van der Waals surface area contributed by atoms with E-state index in [9.17, 15) is 0 Å². The van der Waals surface area contributed by atoms with Crippen molar-refractivity contribution in [1.29, 1.82) is 0 Å². The topological polar surface area (TPSA) is 22.1 Å². The van der Waals surface area contributed by atoms with Crippen molar-refractivity contribution in [2.45, 2.75) is 12.2 Å². The Morgan fingerprint density at radius 1 is 1.58 bits per heavy atom. The molecule has 0 fully saturated rings. The molecular formula is C9H13NOS. The fourth-order valence-corrected chi connectivity index (χ4v) is 1.27. The molecule has 1 rings (SSSR count). The average molecular weight is 183 g/mol. The minimum atomic E-state index is 0.431. The van der Waals surface area contributed by atoms with Crippen molar-refractivity contribution in [3.8, 4) is 5.75 Å². The van der Waals surface area contributed by atoms with Crippen LogP contribution in [-0.2, 0) is 0 Å². The third-order valence-electron chi connectivity index (χ3n) is 1.76. The van der Waals surface area contributed by atoms with Crippen LogP contribution in [0.3, 0.4) is 0 Å². The van der Waals surface area contributed by atoms with E-state index in [-0.39, 0.29) is 0 Å². The van der Waals surface area contributed by atoms with E-state index in [0.717, 1.165) is 11.4 Å². The van der Waals surface area contributed by atoms with Crippen LogP contribution in [0, 0.1) is 0 Å². The highest BCUT2D eigenvalue weighted by atomic mass is 32.2. The summed E-state index contributed by atoms with van der Waals surface area (Å²) in [4.78, 5) is 4.26. The Hall–Kier alpha value is -0.700. The Labute approximate surface area is 77.3 Å². The van der Waals surface area contributed by atoms with Crippen LogP contribution in [0.5, 0.6) is 5.75 Å². The molecule has 0 saturated heterocycles. The summed E-state index contributed by atoms with van der Waals surface area (Å²) in [5, 5.41) is 0.431. The first kappa shape index (κ1) is 9.39. The zero-order valence-electron chi connectivity index (χ0n) is 7.57. The van der Waals surface area contributed by atoms with Gasteiger partial charge < -0.3 is 4.74 Å². The summed E-state index contributed by atoms with van der Waals surface area (Å²) < 4.78 is 5.10. The maximum Gasteiger partial charge on any atom is 0.122 e. The summed E-state index contributed by atoms with van der Waals surface area (Å²) >= 11 is 1.78. The Morgan fingerprint density at radius 2 is 2.33 bits per heavy atom. The fourth-order valence-electron chi connectivity index (χ4n) is 0.898. The summed E-state index contributed by atoms with van der Waals surface area (Å²) in [7, 11) is 1.67. The quantitative estimate of drug-likeness (QED) is 0.719. The van der Waals surface area contributed by atoms with Gasteiger partial charge in [0.05, 0.1) is 12.8 Å². The van der Waals surface area contributed by atoms with Crippen LogP contribution in [0.1, 0.15) is 17.9 Å². The van der Waals surface area contributed by atoms with Gasteiger partial charge in [-0.3, -0.25) is 4.98 Å². The monoisotopic (exact) mass is 183 g/mol. The number of hydrogen-bond acceptors (Lipinski definition) is 3. The van der Waals surface area contributed by atoms with Gasteiger partial charge >= 0.3 is 0 Å². The van der Waals surface area contributed by atoms with Crippen LogP contribution in [0.15, 0.2) is 18.3 Å². The third kappa shape index (κ3) is 2.14. The normalized spacial score (nSPS) is 12.6. The number of hydrogen-bond donors (Lipinski definition) is 0. The van der Waals surface area contributed by atoms with Crippen molar-refractivity contribution in [3.63, 3.8) is 0 Å². The van der Waals surface area contributed by atoms with Gasteiger partial charge in [-0.1, -0.05) is 0 Å². The highest BCUT2D eigenvalue weighted by Gasteiger charge is 2.04. The molecule has 0 bridgehead atoms. The standard InChI is InChI=1S/C9H13NOS/c1-7(12-3)9-6-8(11-2)4-5-10-9/h4-7H,1-3H3. The summed E-state index contributed by atoms with van der Waals surface area (Å²) in [6.07, 6.45) is 3.85. The molecule has 1 aromatic rings. The van der Waals surface area contributed by atoms with E-state index < -0.39 is 0 Å². The van der Waals surface area contributed by atoms with E-state index in [4.69, 9.17) is 4.74 Å². The molecule has 0 N–H and O–H groups in total. The first-order valence-electron chi connectivity index (χ1n) is 3.80. The van der Waals surface area contributed by atoms with Gasteiger partial charge in [0.2, 0.25) is 0 Å². The molecule has 1 aromatic heterocycles. The van der Waals surface area contributed by atoms with E-state index in [1.54, 1.807) is 25.1 Å². The van der Waals surface area contributed by atoms with E-state index >= 15 is 0 Å².